The molecule has 4 fully saturated rings. The molecule has 2 unspecified atom stereocenters. The smallest absolute Gasteiger partial charge is 0.137 e. The fourth-order valence-electron chi connectivity index (χ4n) is 7.78. The van der Waals surface area contributed by atoms with E-state index >= 15 is 0 Å². The highest BCUT2D eigenvalue weighted by atomic mass is 16.3. The molecule has 24 heavy (non-hydrogen) atoms. The Kier molecular flexibility index (Phi) is 3.77. The van der Waals surface area contributed by atoms with Crippen molar-refractivity contribution >= 4 is 11.6 Å². The van der Waals surface area contributed by atoms with E-state index < -0.39 is 0 Å². The van der Waals surface area contributed by atoms with Crippen LogP contribution in [-0.2, 0) is 9.59 Å². The van der Waals surface area contributed by atoms with Gasteiger partial charge in [-0.3, -0.25) is 9.59 Å². The van der Waals surface area contributed by atoms with Gasteiger partial charge in [-0.1, -0.05) is 20.3 Å². The Morgan fingerprint density at radius 2 is 1.83 bits per heavy atom. The zero-order valence-corrected chi connectivity index (χ0v) is 15.4. The number of carbonyl (C=O) groups is 2. The van der Waals surface area contributed by atoms with Gasteiger partial charge in [0, 0.05) is 23.7 Å². The molecule has 0 bridgehead atoms. The molecule has 0 saturated heterocycles. The SMILES string of the molecule is CC(=O)[C@H]1CC[C@H]2[C@@H]3CCC4CCCC(O)[C@]4(C)[C@H]3C(=O)C[C@]12C. The molecule has 3 heteroatoms. The van der Waals surface area contributed by atoms with E-state index in [1.807, 2.05) is 0 Å². The molecular formula is C21H32O3. The standard InChI is InChI=1S/C21H32O3/c1-12(22)15-9-10-16-14-8-7-13-5-4-6-18(24)21(13,3)19(14)17(23)11-20(15,16)2/h13-16,18-19,24H,4-11H2,1-3H3/t13?,14-,15+,16-,18?,19+,20+,21+/m0/s1. The molecule has 3 nitrogen and oxygen atoms in total. The van der Waals surface area contributed by atoms with E-state index in [0.29, 0.717) is 30.0 Å². The number of Topliss-reactive ketones (excluding diaryl/α,β-unsaturated/α-hetero) is 2. The van der Waals surface area contributed by atoms with Gasteiger partial charge in [-0.2, -0.15) is 0 Å². The second kappa shape index (κ2) is 5.40. The molecule has 8 atom stereocenters. The second-order valence-electron chi connectivity index (χ2n) is 9.72. The Morgan fingerprint density at radius 1 is 1.08 bits per heavy atom. The van der Waals surface area contributed by atoms with Crippen LogP contribution in [0.1, 0.15) is 72.1 Å². The summed E-state index contributed by atoms with van der Waals surface area (Å²) >= 11 is 0. The van der Waals surface area contributed by atoms with E-state index in [1.54, 1.807) is 6.92 Å². The summed E-state index contributed by atoms with van der Waals surface area (Å²) in [5.41, 5.74) is -0.360. The van der Waals surface area contributed by atoms with Crippen molar-refractivity contribution in [2.75, 3.05) is 0 Å². The van der Waals surface area contributed by atoms with E-state index in [2.05, 4.69) is 13.8 Å². The zero-order chi connectivity index (χ0) is 17.3. The van der Waals surface area contributed by atoms with Crippen molar-refractivity contribution in [1.29, 1.82) is 0 Å². The number of aliphatic hydroxyl groups excluding tert-OH is 1. The number of rotatable bonds is 1. The van der Waals surface area contributed by atoms with Crippen LogP contribution in [0.25, 0.3) is 0 Å². The van der Waals surface area contributed by atoms with E-state index in [-0.39, 0.29) is 34.6 Å². The Hall–Kier alpha value is -0.700. The number of hydrogen-bond acceptors (Lipinski definition) is 3. The fourth-order valence-corrected chi connectivity index (χ4v) is 7.78. The molecule has 0 aromatic heterocycles. The fraction of sp³-hybridized carbons (Fsp3) is 0.905. The summed E-state index contributed by atoms with van der Waals surface area (Å²) in [7, 11) is 0. The van der Waals surface area contributed by atoms with Crippen molar-refractivity contribution < 1.29 is 14.7 Å². The molecule has 4 rings (SSSR count). The third-order valence-corrected chi connectivity index (χ3v) is 8.89. The van der Waals surface area contributed by atoms with Gasteiger partial charge >= 0.3 is 0 Å². The van der Waals surface area contributed by atoms with Crippen molar-refractivity contribution in [2.45, 2.75) is 78.2 Å². The minimum absolute atomic E-state index is 0.0235. The highest BCUT2D eigenvalue weighted by Crippen LogP contribution is 2.66. The molecule has 4 aliphatic carbocycles. The monoisotopic (exact) mass is 332 g/mol. The van der Waals surface area contributed by atoms with Crippen LogP contribution in [0.3, 0.4) is 0 Å². The average molecular weight is 332 g/mol. The van der Waals surface area contributed by atoms with Gasteiger partial charge in [0.1, 0.15) is 11.6 Å². The van der Waals surface area contributed by atoms with E-state index in [4.69, 9.17) is 0 Å². The van der Waals surface area contributed by atoms with Gasteiger partial charge in [0.15, 0.2) is 0 Å². The van der Waals surface area contributed by atoms with Crippen LogP contribution in [0.2, 0.25) is 0 Å². The topological polar surface area (TPSA) is 54.4 Å². The first kappa shape index (κ1) is 16.8. The van der Waals surface area contributed by atoms with Crippen LogP contribution in [0, 0.1) is 40.4 Å². The molecule has 0 aromatic rings. The van der Waals surface area contributed by atoms with Crippen molar-refractivity contribution in [3.05, 3.63) is 0 Å². The Morgan fingerprint density at radius 3 is 2.54 bits per heavy atom. The summed E-state index contributed by atoms with van der Waals surface area (Å²) in [6, 6.07) is 0. The largest absolute Gasteiger partial charge is 0.393 e. The Bertz CT molecular complexity index is 569. The molecule has 4 aliphatic rings. The maximum absolute atomic E-state index is 13.3. The van der Waals surface area contributed by atoms with Crippen LogP contribution < -0.4 is 0 Å². The summed E-state index contributed by atoms with van der Waals surface area (Å²) in [6.07, 6.45) is 7.65. The first-order valence-corrected chi connectivity index (χ1v) is 10.0. The van der Waals surface area contributed by atoms with Crippen LogP contribution in [0.5, 0.6) is 0 Å². The third kappa shape index (κ3) is 2.00. The van der Waals surface area contributed by atoms with Gasteiger partial charge in [0.05, 0.1) is 6.10 Å². The molecule has 1 N–H and O–H groups in total. The molecule has 0 amide bonds. The third-order valence-electron chi connectivity index (χ3n) is 8.89. The first-order valence-electron chi connectivity index (χ1n) is 10.0. The number of ketones is 2. The molecule has 4 saturated carbocycles. The normalized spacial score (nSPS) is 53.9. The number of fused-ring (bicyclic) bond motifs is 5. The van der Waals surface area contributed by atoms with Crippen molar-refractivity contribution in [3.8, 4) is 0 Å². The van der Waals surface area contributed by atoms with Crippen LogP contribution in [-0.4, -0.2) is 22.8 Å². The lowest BCUT2D eigenvalue weighted by molar-refractivity contribution is -0.176. The number of carbonyl (C=O) groups excluding carboxylic acids is 2. The summed E-state index contributed by atoms with van der Waals surface area (Å²) in [5.74, 6) is 2.07. The maximum Gasteiger partial charge on any atom is 0.137 e. The highest BCUT2D eigenvalue weighted by Gasteiger charge is 2.65. The molecule has 0 aliphatic heterocycles. The molecule has 134 valence electrons. The summed E-state index contributed by atoms with van der Waals surface area (Å²) in [4.78, 5) is 25.5. The van der Waals surface area contributed by atoms with Crippen LogP contribution in [0.4, 0.5) is 0 Å². The first-order chi connectivity index (χ1) is 11.3. The van der Waals surface area contributed by atoms with Crippen molar-refractivity contribution in [3.63, 3.8) is 0 Å². The van der Waals surface area contributed by atoms with E-state index in [0.717, 1.165) is 38.5 Å². The molecule has 0 heterocycles. The molecule has 0 aromatic carbocycles. The quantitative estimate of drug-likeness (QED) is 0.795. The van der Waals surface area contributed by atoms with Gasteiger partial charge in [0.2, 0.25) is 0 Å². The summed E-state index contributed by atoms with van der Waals surface area (Å²) in [5, 5.41) is 10.9. The van der Waals surface area contributed by atoms with Crippen molar-refractivity contribution in [1.82, 2.24) is 0 Å². The van der Waals surface area contributed by atoms with E-state index in [9.17, 15) is 14.7 Å². The Balaban J connectivity index is 1.73. The van der Waals surface area contributed by atoms with Gasteiger partial charge in [-0.25, -0.2) is 0 Å². The minimum atomic E-state index is -0.331. The second-order valence-corrected chi connectivity index (χ2v) is 9.72. The molecular weight excluding hydrogens is 300 g/mol. The lowest BCUT2D eigenvalue weighted by Crippen LogP contribution is -2.61. The lowest BCUT2D eigenvalue weighted by atomic mass is 9.43. The highest BCUT2D eigenvalue weighted by molar-refractivity contribution is 5.87. The van der Waals surface area contributed by atoms with Crippen molar-refractivity contribution in [2.24, 2.45) is 40.4 Å². The van der Waals surface area contributed by atoms with Gasteiger partial charge in [-0.15, -0.1) is 0 Å². The number of hydrogen-bond donors (Lipinski definition) is 1. The maximum atomic E-state index is 13.3. The van der Waals surface area contributed by atoms with Gasteiger partial charge in [0.25, 0.3) is 0 Å². The van der Waals surface area contributed by atoms with Gasteiger partial charge in [-0.05, 0) is 68.6 Å². The average Bonchev–Trinajstić information content (AvgIpc) is 2.85. The molecule has 0 radical (unpaired) electrons. The number of aliphatic hydroxyl groups is 1. The molecule has 0 spiro atoms. The van der Waals surface area contributed by atoms with E-state index in [1.165, 1.54) is 6.42 Å². The Labute approximate surface area is 145 Å². The zero-order valence-electron chi connectivity index (χ0n) is 15.4. The van der Waals surface area contributed by atoms with Crippen LogP contribution >= 0.6 is 0 Å². The lowest BCUT2D eigenvalue weighted by Gasteiger charge is -2.60. The predicted molar refractivity (Wildman–Crippen MR) is 92.3 cm³/mol. The van der Waals surface area contributed by atoms with Gasteiger partial charge < -0.3 is 5.11 Å². The predicted octanol–water partition coefficient (Wildman–Crippen LogP) is 3.77. The summed E-state index contributed by atoms with van der Waals surface area (Å²) in [6.45, 7) is 6.12. The summed E-state index contributed by atoms with van der Waals surface area (Å²) < 4.78 is 0. The van der Waals surface area contributed by atoms with Crippen LogP contribution in [0.15, 0.2) is 0 Å². The minimum Gasteiger partial charge on any atom is -0.393 e.